The molecule has 1 rings (SSSR count). The molecule has 0 fully saturated rings. The Hall–Kier alpha value is -1.54. The van der Waals surface area contributed by atoms with Gasteiger partial charge in [-0.05, 0) is 24.6 Å². The first-order chi connectivity index (χ1) is 6.13. The van der Waals surface area contributed by atoms with Crippen molar-refractivity contribution in [2.75, 3.05) is 0 Å². The Morgan fingerprint density at radius 1 is 1.31 bits per heavy atom. The smallest absolute Gasteiger partial charge is 0.211 e. The maximum atomic E-state index is 12.6. The van der Waals surface area contributed by atoms with Crippen LogP contribution in [0.25, 0.3) is 0 Å². The molecule has 0 spiro atoms. The largest absolute Gasteiger partial charge is 0.235 e. The first kappa shape index (κ1) is 9.55. The lowest BCUT2D eigenvalue weighted by atomic mass is 10.1. The molecular weight excluding hydrogens is 176 g/mol. The molecular formula is C9H7F2NO. The van der Waals surface area contributed by atoms with Crippen molar-refractivity contribution in [1.82, 2.24) is 0 Å². The number of hydrogen-bond acceptors (Lipinski definition) is 2. The Morgan fingerprint density at radius 2 is 1.85 bits per heavy atom. The van der Waals surface area contributed by atoms with Crippen molar-refractivity contribution in [2.45, 2.75) is 13.0 Å². The number of isocyanates is 1. The summed E-state index contributed by atoms with van der Waals surface area (Å²) < 4.78 is 25.3. The van der Waals surface area contributed by atoms with Crippen LogP contribution in [0.1, 0.15) is 18.5 Å². The predicted octanol–water partition coefficient (Wildman–Crippen LogP) is 2.36. The van der Waals surface area contributed by atoms with Crippen molar-refractivity contribution in [3.63, 3.8) is 0 Å². The summed E-state index contributed by atoms with van der Waals surface area (Å²) in [5.74, 6) is -1.36. The van der Waals surface area contributed by atoms with Crippen LogP contribution in [0.2, 0.25) is 0 Å². The van der Waals surface area contributed by atoms with E-state index in [1.807, 2.05) is 0 Å². The highest BCUT2D eigenvalue weighted by Gasteiger charge is 2.06. The monoisotopic (exact) mass is 183 g/mol. The second-order valence-corrected chi connectivity index (χ2v) is 2.60. The normalized spacial score (nSPS) is 11.9. The molecule has 0 heterocycles. The third-order valence-electron chi connectivity index (χ3n) is 1.61. The lowest BCUT2D eigenvalue weighted by Crippen LogP contribution is -1.92. The highest BCUT2D eigenvalue weighted by Crippen LogP contribution is 2.18. The van der Waals surface area contributed by atoms with E-state index in [0.29, 0.717) is 5.56 Å². The van der Waals surface area contributed by atoms with Gasteiger partial charge in [-0.2, -0.15) is 4.99 Å². The van der Waals surface area contributed by atoms with Crippen molar-refractivity contribution in [3.8, 4) is 0 Å². The van der Waals surface area contributed by atoms with Gasteiger partial charge in [-0.3, -0.25) is 0 Å². The summed E-state index contributed by atoms with van der Waals surface area (Å²) in [5, 5.41) is 0. The number of benzene rings is 1. The van der Waals surface area contributed by atoms with E-state index in [2.05, 4.69) is 4.99 Å². The number of halogens is 2. The van der Waals surface area contributed by atoms with Crippen LogP contribution in [-0.4, -0.2) is 6.08 Å². The maximum Gasteiger partial charge on any atom is 0.235 e. The van der Waals surface area contributed by atoms with Gasteiger partial charge >= 0.3 is 0 Å². The third-order valence-corrected chi connectivity index (χ3v) is 1.61. The van der Waals surface area contributed by atoms with E-state index < -0.39 is 17.7 Å². The second-order valence-electron chi connectivity index (χ2n) is 2.60. The minimum atomic E-state index is -0.678. The molecule has 0 aliphatic heterocycles. The van der Waals surface area contributed by atoms with Gasteiger partial charge in [-0.25, -0.2) is 13.6 Å². The molecule has 4 heteroatoms. The van der Waals surface area contributed by atoms with E-state index in [-0.39, 0.29) is 0 Å². The van der Waals surface area contributed by atoms with Gasteiger partial charge in [0.1, 0.15) is 11.6 Å². The summed E-state index contributed by atoms with van der Waals surface area (Å²) in [6.07, 6.45) is 1.33. The zero-order valence-corrected chi connectivity index (χ0v) is 6.92. The first-order valence-electron chi connectivity index (χ1n) is 3.66. The van der Waals surface area contributed by atoms with Crippen molar-refractivity contribution < 1.29 is 13.6 Å². The summed E-state index contributed by atoms with van der Waals surface area (Å²) in [6.45, 7) is 1.55. The molecule has 13 heavy (non-hydrogen) atoms. The second kappa shape index (κ2) is 3.92. The lowest BCUT2D eigenvalue weighted by molar-refractivity contribution is 0.556. The van der Waals surface area contributed by atoms with Crippen LogP contribution >= 0.6 is 0 Å². The van der Waals surface area contributed by atoms with E-state index in [1.165, 1.54) is 6.08 Å². The molecule has 0 bridgehead atoms. The minimum absolute atomic E-state index is 0.320. The fraction of sp³-hybridized carbons (Fsp3) is 0.222. The summed E-state index contributed by atoms with van der Waals surface area (Å²) >= 11 is 0. The van der Waals surface area contributed by atoms with E-state index in [9.17, 15) is 13.6 Å². The average molecular weight is 183 g/mol. The molecule has 0 amide bonds. The lowest BCUT2D eigenvalue weighted by Gasteiger charge is -2.03. The van der Waals surface area contributed by atoms with Gasteiger partial charge in [-0.15, -0.1) is 0 Å². The molecule has 0 radical (unpaired) electrons. The standard InChI is InChI=1S/C9H7F2NO/c1-6(12-5-13)7-2-8(10)4-9(11)3-7/h2-4,6H,1H3. The SMILES string of the molecule is CC(N=C=O)c1cc(F)cc(F)c1. The molecule has 0 aliphatic rings. The fourth-order valence-corrected chi connectivity index (χ4v) is 0.970. The Morgan fingerprint density at radius 3 is 2.31 bits per heavy atom. The quantitative estimate of drug-likeness (QED) is 0.511. The van der Waals surface area contributed by atoms with Gasteiger partial charge in [0.05, 0.1) is 6.04 Å². The van der Waals surface area contributed by atoms with Crippen LogP contribution in [-0.2, 0) is 4.79 Å². The van der Waals surface area contributed by atoms with Crippen LogP contribution in [0.5, 0.6) is 0 Å². The van der Waals surface area contributed by atoms with E-state index in [4.69, 9.17) is 0 Å². The van der Waals surface area contributed by atoms with Gasteiger partial charge in [0, 0.05) is 6.07 Å². The molecule has 1 unspecified atom stereocenters. The van der Waals surface area contributed by atoms with Gasteiger partial charge in [0.2, 0.25) is 6.08 Å². The van der Waals surface area contributed by atoms with Gasteiger partial charge < -0.3 is 0 Å². The highest BCUT2D eigenvalue weighted by molar-refractivity contribution is 5.35. The third kappa shape index (κ3) is 2.46. The Labute approximate surface area is 73.9 Å². The summed E-state index contributed by atoms with van der Waals surface area (Å²) in [6, 6.07) is 2.46. The molecule has 2 nitrogen and oxygen atoms in total. The molecule has 68 valence electrons. The van der Waals surface area contributed by atoms with Crippen LogP contribution in [0.15, 0.2) is 23.2 Å². The Balaban J connectivity index is 3.07. The zero-order valence-electron chi connectivity index (χ0n) is 6.92. The molecule has 0 saturated heterocycles. The molecule has 0 saturated carbocycles. The van der Waals surface area contributed by atoms with Crippen molar-refractivity contribution in [3.05, 3.63) is 35.4 Å². The van der Waals surface area contributed by atoms with Crippen molar-refractivity contribution in [2.24, 2.45) is 4.99 Å². The number of carbonyl (C=O) groups excluding carboxylic acids is 1. The van der Waals surface area contributed by atoms with Crippen LogP contribution < -0.4 is 0 Å². The zero-order chi connectivity index (χ0) is 9.84. The average Bonchev–Trinajstić information content (AvgIpc) is 2.03. The molecule has 1 aromatic carbocycles. The van der Waals surface area contributed by atoms with E-state index in [1.54, 1.807) is 6.92 Å². The van der Waals surface area contributed by atoms with Gasteiger partial charge in [0.15, 0.2) is 0 Å². The van der Waals surface area contributed by atoms with E-state index in [0.717, 1.165) is 18.2 Å². The number of hydrogen-bond donors (Lipinski definition) is 0. The topological polar surface area (TPSA) is 29.4 Å². The van der Waals surface area contributed by atoms with Crippen molar-refractivity contribution >= 4 is 6.08 Å². The number of aliphatic imine (C=N–C) groups is 1. The van der Waals surface area contributed by atoms with Gasteiger partial charge in [-0.1, -0.05) is 0 Å². The van der Waals surface area contributed by atoms with Gasteiger partial charge in [0.25, 0.3) is 0 Å². The number of rotatable bonds is 2. The van der Waals surface area contributed by atoms with Crippen LogP contribution in [0.3, 0.4) is 0 Å². The first-order valence-corrected chi connectivity index (χ1v) is 3.66. The molecule has 0 aromatic heterocycles. The van der Waals surface area contributed by atoms with Crippen LogP contribution in [0, 0.1) is 11.6 Å². The van der Waals surface area contributed by atoms with Crippen LogP contribution in [0.4, 0.5) is 8.78 Å². The minimum Gasteiger partial charge on any atom is -0.211 e. The molecule has 1 aromatic rings. The van der Waals surface area contributed by atoms with Crippen molar-refractivity contribution in [1.29, 1.82) is 0 Å². The Bertz CT molecular complexity index is 338. The predicted molar refractivity (Wildman–Crippen MR) is 42.9 cm³/mol. The molecule has 0 N–H and O–H groups in total. The summed E-state index contributed by atoms with van der Waals surface area (Å²) in [7, 11) is 0. The fourth-order valence-electron chi connectivity index (χ4n) is 0.970. The highest BCUT2D eigenvalue weighted by atomic mass is 19.1. The summed E-state index contributed by atoms with van der Waals surface area (Å²) in [5.41, 5.74) is 0.320. The number of nitrogens with zero attached hydrogens (tertiary/aromatic N) is 1. The van der Waals surface area contributed by atoms with E-state index >= 15 is 0 Å². The summed E-state index contributed by atoms with van der Waals surface area (Å²) in [4.78, 5) is 13.2. The molecule has 0 aliphatic carbocycles. The molecule has 1 atom stereocenters. The Kier molecular flexibility index (Phi) is 2.88. The maximum absolute atomic E-state index is 12.6.